The van der Waals surface area contributed by atoms with E-state index in [-0.39, 0.29) is 64.7 Å². The lowest BCUT2D eigenvalue weighted by Gasteiger charge is -2.34. The minimum atomic E-state index is -3.85. The topological polar surface area (TPSA) is 57.7 Å². The molecule has 1 heterocycles. The molecule has 1 aliphatic carbocycles. The number of piperazine rings is 1. The third-order valence-corrected chi connectivity index (χ3v) is 8.33. The third kappa shape index (κ3) is 3.89. The van der Waals surface area contributed by atoms with Crippen LogP contribution >= 0.6 is 23.2 Å². The molecule has 2 aromatic rings. The second kappa shape index (κ2) is 7.87. The van der Waals surface area contributed by atoms with Crippen molar-refractivity contribution in [3.8, 4) is 0 Å². The van der Waals surface area contributed by atoms with Gasteiger partial charge in [0.2, 0.25) is 15.9 Å². The van der Waals surface area contributed by atoms with E-state index in [4.69, 9.17) is 23.2 Å². The van der Waals surface area contributed by atoms with Crippen molar-refractivity contribution in [3.05, 3.63) is 63.9 Å². The standard InChI is InChI=1S/C20H19Cl2FN2O3S/c21-16-5-3-6-17(22)19(16)29(27,28)25-10-8-24(9-11-25)20(26)15-12-14(15)13-4-1-2-7-18(13)23/h1-7,14-15H,8-12H2. The van der Waals surface area contributed by atoms with Crippen molar-refractivity contribution in [1.29, 1.82) is 0 Å². The van der Waals surface area contributed by atoms with Crippen LogP contribution in [0.4, 0.5) is 4.39 Å². The van der Waals surface area contributed by atoms with Crippen LogP contribution in [0, 0.1) is 11.7 Å². The summed E-state index contributed by atoms with van der Waals surface area (Å²) in [7, 11) is -3.85. The average molecular weight is 457 g/mol. The summed E-state index contributed by atoms with van der Waals surface area (Å²) in [5.74, 6) is -0.688. The van der Waals surface area contributed by atoms with Gasteiger partial charge in [-0.1, -0.05) is 47.5 Å². The summed E-state index contributed by atoms with van der Waals surface area (Å²) in [5, 5.41) is 0.142. The summed E-state index contributed by atoms with van der Waals surface area (Å²) in [5.41, 5.74) is 0.570. The van der Waals surface area contributed by atoms with Crippen LogP contribution < -0.4 is 0 Å². The number of benzene rings is 2. The largest absolute Gasteiger partial charge is 0.340 e. The Kier molecular flexibility index (Phi) is 5.59. The highest BCUT2D eigenvalue weighted by molar-refractivity contribution is 7.89. The van der Waals surface area contributed by atoms with Crippen molar-refractivity contribution >= 4 is 39.1 Å². The highest BCUT2D eigenvalue weighted by Crippen LogP contribution is 2.49. The van der Waals surface area contributed by atoms with Gasteiger partial charge in [0.15, 0.2) is 0 Å². The molecule has 0 N–H and O–H groups in total. The van der Waals surface area contributed by atoms with Crippen LogP contribution in [0.2, 0.25) is 10.0 Å². The summed E-state index contributed by atoms with van der Waals surface area (Å²) in [4.78, 5) is 14.3. The number of carbonyl (C=O) groups excluding carboxylic acids is 1. The van der Waals surface area contributed by atoms with Gasteiger partial charge >= 0.3 is 0 Å². The van der Waals surface area contributed by atoms with Gasteiger partial charge in [-0.2, -0.15) is 4.31 Å². The van der Waals surface area contributed by atoms with Crippen molar-refractivity contribution in [2.24, 2.45) is 5.92 Å². The van der Waals surface area contributed by atoms with Gasteiger partial charge in [-0.15, -0.1) is 0 Å². The summed E-state index contributed by atoms with van der Waals surface area (Å²) in [6, 6.07) is 11.1. The van der Waals surface area contributed by atoms with Gasteiger partial charge in [0, 0.05) is 32.1 Å². The molecule has 0 aromatic heterocycles. The molecule has 5 nitrogen and oxygen atoms in total. The van der Waals surface area contributed by atoms with Crippen LogP contribution in [-0.4, -0.2) is 49.7 Å². The second-order valence-electron chi connectivity index (χ2n) is 7.25. The quantitative estimate of drug-likeness (QED) is 0.703. The van der Waals surface area contributed by atoms with Crippen LogP contribution in [0.25, 0.3) is 0 Å². The molecule has 1 aliphatic heterocycles. The molecule has 9 heteroatoms. The Morgan fingerprint density at radius 3 is 2.21 bits per heavy atom. The Morgan fingerprint density at radius 1 is 0.966 bits per heavy atom. The SMILES string of the molecule is O=C(C1CC1c1ccccc1F)N1CCN(S(=O)(=O)c2c(Cl)cccc2Cl)CC1. The van der Waals surface area contributed by atoms with Crippen molar-refractivity contribution < 1.29 is 17.6 Å². The van der Waals surface area contributed by atoms with E-state index < -0.39 is 10.0 Å². The first-order valence-electron chi connectivity index (χ1n) is 9.28. The number of hydrogen-bond acceptors (Lipinski definition) is 3. The molecule has 1 amide bonds. The van der Waals surface area contributed by atoms with E-state index in [9.17, 15) is 17.6 Å². The molecule has 2 fully saturated rings. The number of nitrogens with zero attached hydrogens (tertiary/aromatic N) is 2. The minimum Gasteiger partial charge on any atom is -0.340 e. The molecule has 2 unspecified atom stereocenters. The van der Waals surface area contributed by atoms with Gasteiger partial charge in [-0.3, -0.25) is 4.79 Å². The number of carbonyl (C=O) groups is 1. The van der Waals surface area contributed by atoms with Crippen molar-refractivity contribution in [1.82, 2.24) is 9.21 Å². The molecule has 2 aliphatic rings. The number of sulfonamides is 1. The Hall–Kier alpha value is -1.67. The van der Waals surface area contributed by atoms with E-state index in [1.165, 1.54) is 22.5 Å². The van der Waals surface area contributed by atoms with Crippen LogP contribution in [-0.2, 0) is 14.8 Å². The average Bonchev–Trinajstić information content (AvgIpc) is 3.48. The lowest BCUT2D eigenvalue weighted by Crippen LogP contribution is -2.51. The first kappa shape index (κ1) is 20.6. The van der Waals surface area contributed by atoms with Gasteiger partial charge in [-0.25, -0.2) is 12.8 Å². The summed E-state index contributed by atoms with van der Waals surface area (Å²) >= 11 is 12.1. The van der Waals surface area contributed by atoms with E-state index in [0.29, 0.717) is 12.0 Å². The zero-order valence-electron chi connectivity index (χ0n) is 15.4. The summed E-state index contributed by atoms with van der Waals surface area (Å²) < 4.78 is 41.1. The maximum atomic E-state index is 13.9. The highest BCUT2D eigenvalue weighted by atomic mass is 35.5. The monoisotopic (exact) mass is 456 g/mol. The van der Waals surface area contributed by atoms with Crippen molar-refractivity contribution in [2.45, 2.75) is 17.2 Å². The van der Waals surface area contributed by atoms with E-state index in [1.807, 2.05) is 0 Å². The van der Waals surface area contributed by atoms with Crippen molar-refractivity contribution in [3.63, 3.8) is 0 Å². The zero-order chi connectivity index (χ0) is 20.8. The molecule has 0 spiro atoms. The van der Waals surface area contributed by atoms with Crippen LogP contribution in [0.1, 0.15) is 17.9 Å². The fraction of sp³-hybridized carbons (Fsp3) is 0.350. The molecular weight excluding hydrogens is 438 g/mol. The van der Waals surface area contributed by atoms with Gasteiger partial charge in [0.1, 0.15) is 10.7 Å². The molecule has 1 saturated carbocycles. The molecule has 2 aromatic carbocycles. The van der Waals surface area contributed by atoms with E-state index in [0.717, 1.165) is 0 Å². The third-order valence-electron chi connectivity index (χ3n) is 5.48. The van der Waals surface area contributed by atoms with E-state index in [1.54, 1.807) is 29.2 Å². The predicted octanol–water partition coefficient (Wildman–Crippen LogP) is 3.77. The number of halogens is 3. The maximum absolute atomic E-state index is 13.9. The van der Waals surface area contributed by atoms with Gasteiger partial charge in [0.25, 0.3) is 0 Å². The second-order valence-corrected chi connectivity index (χ2v) is 9.94. The fourth-order valence-corrected chi connectivity index (χ4v) is 6.34. The lowest BCUT2D eigenvalue weighted by molar-refractivity contribution is -0.133. The molecule has 0 radical (unpaired) electrons. The minimum absolute atomic E-state index is 0.0499. The Morgan fingerprint density at radius 2 is 1.59 bits per heavy atom. The van der Waals surface area contributed by atoms with Crippen LogP contribution in [0.3, 0.4) is 0 Å². The number of amides is 1. The molecule has 2 atom stereocenters. The normalized spacial score (nSPS) is 22.5. The summed E-state index contributed by atoms with van der Waals surface area (Å²) in [6.07, 6.45) is 0.619. The molecule has 154 valence electrons. The smallest absolute Gasteiger partial charge is 0.246 e. The molecule has 1 saturated heterocycles. The van der Waals surface area contributed by atoms with Crippen LogP contribution in [0.5, 0.6) is 0 Å². The van der Waals surface area contributed by atoms with E-state index >= 15 is 0 Å². The first-order valence-corrected chi connectivity index (χ1v) is 11.5. The number of hydrogen-bond donors (Lipinski definition) is 0. The molecular formula is C20H19Cl2FN2O3S. The van der Waals surface area contributed by atoms with Crippen molar-refractivity contribution in [2.75, 3.05) is 26.2 Å². The molecule has 4 rings (SSSR count). The predicted molar refractivity (Wildman–Crippen MR) is 109 cm³/mol. The lowest BCUT2D eigenvalue weighted by atomic mass is 10.1. The number of rotatable bonds is 4. The first-order chi connectivity index (χ1) is 13.8. The zero-order valence-corrected chi connectivity index (χ0v) is 17.7. The maximum Gasteiger partial charge on any atom is 0.246 e. The van der Waals surface area contributed by atoms with Gasteiger partial charge < -0.3 is 4.90 Å². The Bertz CT molecular complexity index is 1040. The summed E-state index contributed by atoms with van der Waals surface area (Å²) in [6.45, 7) is 0.876. The van der Waals surface area contributed by atoms with Gasteiger partial charge in [0.05, 0.1) is 10.0 Å². The highest BCUT2D eigenvalue weighted by Gasteiger charge is 2.47. The fourth-order valence-electron chi connectivity index (χ4n) is 3.83. The van der Waals surface area contributed by atoms with E-state index in [2.05, 4.69) is 0 Å². The molecule has 29 heavy (non-hydrogen) atoms. The van der Waals surface area contributed by atoms with Gasteiger partial charge in [-0.05, 0) is 36.1 Å². The van der Waals surface area contributed by atoms with Crippen LogP contribution in [0.15, 0.2) is 47.4 Å². The Balaban J connectivity index is 1.41. The Labute approximate surface area is 179 Å². The molecule has 0 bridgehead atoms.